The van der Waals surface area contributed by atoms with E-state index in [1.807, 2.05) is 26.8 Å². The van der Waals surface area contributed by atoms with Crippen molar-refractivity contribution in [1.29, 1.82) is 0 Å². The maximum atomic E-state index is 12.0. The van der Waals surface area contributed by atoms with Crippen LogP contribution in [0.1, 0.15) is 36.7 Å². The Morgan fingerprint density at radius 1 is 1.28 bits per heavy atom. The monoisotopic (exact) mass is 360 g/mol. The number of amides is 1. The molecule has 0 spiro atoms. The van der Waals surface area contributed by atoms with Gasteiger partial charge in [-0.1, -0.05) is 29.8 Å². The Labute approximate surface area is 152 Å². The lowest BCUT2D eigenvalue weighted by molar-refractivity contribution is 0.0955. The molecule has 2 aromatic rings. The third kappa shape index (κ3) is 5.50. The topological polar surface area (TPSA) is 59.9 Å². The summed E-state index contributed by atoms with van der Waals surface area (Å²) in [5.74, 6) is 0.760. The molecule has 0 atom stereocenters. The van der Waals surface area contributed by atoms with Gasteiger partial charge in [0.2, 0.25) is 0 Å². The molecule has 0 saturated carbocycles. The average Bonchev–Trinajstić information content (AvgIpc) is 2.58. The maximum Gasteiger partial charge on any atom is 0.271 e. The Morgan fingerprint density at radius 2 is 2.00 bits per heavy atom. The Bertz CT molecular complexity index is 746. The zero-order chi connectivity index (χ0) is 18.2. The molecular formula is C19H21ClN2O3. The van der Waals surface area contributed by atoms with Gasteiger partial charge in [0.15, 0.2) is 11.5 Å². The second-order valence-electron chi connectivity index (χ2n) is 5.49. The van der Waals surface area contributed by atoms with Gasteiger partial charge in [0.25, 0.3) is 5.91 Å². The van der Waals surface area contributed by atoms with Crippen LogP contribution >= 0.6 is 11.6 Å². The predicted octanol–water partition coefficient (Wildman–Crippen LogP) is 4.29. The van der Waals surface area contributed by atoms with E-state index in [9.17, 15) is 4.79 Å². The molecule has 0 saturated heterocycles. The van der Waals surface area contributed by atoms with Crippen molar-refractivity contribution < 1.29 is 14.3 Å². The van der Waals surface area contributed by atoms with Crippen molar-refractivity contribution in [3.05, 3.63) is 58.6 Å². The highest BCUT2D eigenvalue weighted by Gasteiger charge is 2.13. The predicted molar refractivity (Wildman–Crippen MR) is 99.9 cm³/mol. The smallest absolute Gasteiger partial charge is 0.271 e. The first-order valence-corrected chi connectivity index (χ1v) is 8.40. The van der Waals surface area contributed by atoms with Gasteiger partial charge in [-0.25, -0.2) is 5.43 Å². The van der Waals surface area contributed by atoms with Crippen molar-refractivity contribution in [2.24, 2.45) is 5.10 Å². The summed E-state index contributed by atoms with van der Waals surface area (Å²) in [6.45, 7) is 6.20. The maximum absolute atomic E-state index is 12.0. The summed E-state index contributed by atoms with van der Waals surface area (Å²) in [6, 6.07) is 12.3. The van der Waals surface area contributed by atoms with Gasteiger partial charge >= 0.3 is 0 Å². The first kappa shape index (κ1) is 18.8. The molecule has 6 heteroatoms. The Hall–Kier alpha value is -2.53. The molecule has 0 fully saturated rings. The fourth-order valence-corrected chi connectivity index (χ4v) is 2.36. The van der Waals surface area contributed by atoms with Crippen LogP contribution in [0.3, 0.4) is 0 Å². The van der Waals surface area contributed by atoms with Crippen LogP contribution in [0.2, 0.25) is 5.02 Å². The highest BCUT2D eigenvalue weighted by Crippen LogP contribution is 2.37. The van der Waals surface area contributed by atoms with Gasteiger partial charge in [-0.2, -0.15) is 5.10 Å². The fraction of sp³-hybridized carbons (Fsp3) is 0.263. The highest BCUT2D eigenvalue weighted by atomic mass is 35.5. The molecule has 2 rings (SSSR count). The Kier molecular flexibility index (Phi) is 6.83. The molecule has 5 nitrogen and oxygen atoms in total. The van der Waals surface area contributed by atoms with E-state index < -0.39 is 0 Å². The molecule has 0 heterocycles. The lowest BCUT2D eigenvalue weighted by Gasteiger charge is -2.16. The number of carbonyl (C=O) groups excluding carboxylic acids is 1. The largest absolute Gasteiger partial charge is 0.490 e. The fourth-order valence-electron chi connectivity index (χ4n) is 2.09. The van der Waals surface area contributed by atoms with Gasteiger partial charge in [-0.15, -0.1) is 0 Å². The van der Waals surface area contributed by atoms with Gasteiger partial charge in [-0.05, 0) is 50.6 Å². The van der Waals surface area contributed by atoms with Gasteiger partial charge in [-0.3, -0.25) is 4.79 Å². The molecule has 0 aliphatic heterocycles. The van der Waals surface area contributed by atoms with Gasteiger partial charge in [0, 0.05) is 5.56 Å². The molecule has 0 aromatic heterocycles. The summed E-state index contributed by atoms with van der Waals surface area (Å²) >= 11 is 6.30. The van der Waals surface area contributed by atoms with Crippen molar-refractivity contribution in [2.45, 2.75) is 26.9 Å². The van der Waals surface area contributed by atoms with Crippen LogP contribution in [0, 0.1) is 0 Å². The van der Waals surface area contributed by atoms with Crippen LogP contribution in [-0.4, -0.2) is 24.8 Å². The molecule has 0 aliphatic carbocycles. The van der Waals surface area contributed by atoms with E-state index in [0.717, 1.165) is 0 Å². The lowest BCUT2D eigenvalue weighted by Crippen LogP contribution is -2.17. The quantitative estimate of drug-likeness (QED) is 0.592. The average molecular weight is 361 g/mol. The summed E-state index contributed by atoms with van der Waals surface area (Å²) in [6.07, 6.45) is 1.48. The molecule has 0 radical (unpaired) electrons. The van der Waals surface area contributed by atoms with E-state index in [1.54, 1.807) is 36.4 Å². The Morgan fingerprint density at radius 3 is 2.64 bits per heavy atom. The molecule has 0 aliphatic rings. The van der Waals surface area contributed by atoms with E-state index >= 15 is 0 Å². The van der Waals surface area contributed by atoms with Crippen LogP contribution < -0.4 is 14.9 Å². The minimum absolute atomic E-state index is 0.0265. The van der Waals surface area contributed by atoms with Crippen LogP contribution in [0.4, 0.5) is 0 Å². The number of benzene rings is 2. The van der Waals surface area contributed by atoms with Crippen LogP contribution in [0.5, 0.6) is 11.5 Å². The molecule has 2 aromatic carbocycles. The highest BCUT2D eigenvalue weighted by molar-refractivity contribution is 6.32. The molecule has 1 amide bonds. The van der Waals surface area contributed by atoms with Crippen molar-refractivity contribution in [3.8, 4) is 11.5 Å². The normalized spacial score (nSPS) is 10.9. The van der Waals surface area contributed by atoms with Crippen molar-refractivity contribution in [2.75, 3.05) is 6.61 Å². The zero-order valence-corrected chi connectivity index (χ0v) is 15.2. The molecule has 0 unspecified atom stereocenters. The SMILES string of the molecule is CCOc1cc(/C=N/NC(=O)c2ccccc2)cc(Cl)c1OC(C)C. The second-order valence-corrected chi connectivity index (χ2v) is 5.90. The lowest BCUT2D eigenvalue weighted by atomic mass is 10.2. The molecule has 132 valence electrons. The van der Waals surface area contributed by atoms with E-state index in [0.29, 0.717) is 34.3 Å². The van der Waals surface area contributed by atoms with E-state index in [4.69, 9.17) is 21.1 Å². The number of nitrogens with one attached hydrogen (secondary N) is 1. The number of ether oxygens (including phenoxy) is 2. The zero-order valence-electron chi connectivity index (χ0n) is 14.5. The van der Waals surface area contributed by atoms with Crippen LogP contribution in [-0.2, 0) is 0 Å². The Balaban J connectivity index is 2.14. The van der Waals surface area contributed by atoms with Crippen molar-refractivity contribution >= 4 is 23.7 Å². The first-order valence-electron chi connectivity index (χ1n) is 8.02. The van der Waals surface area contributed by atoms with Gasteiger partial charge < -0.3 is 9.47 Å². The number of hydrogen-bond acceptors (Lipinski definition) is 4. The minimum atomic E-state index is -0.285. The standard InChI is InChI=1S/C19H21ClN2O3/c1-4-24-17-11-14(10-16(20)18(17)25-13(2)3)12-21-22-19(23)15-8-6-5-7-9-15/h5-13H,4H2,1-3H3,(H,22,23)/b21-12+. The van der Waals surface area contributed by atoms with Crippen LogP contribution in [0.25, 0.3) is 0 Å². The first-order chi connectivity index (χ1) is 12.0. The minimum Gasteiger partial charge on any atom is -0.490 e. The van der Waals surface area contributed by atoms with E-state index in [-0.39, 0.29) is 12.0 Å². The molecule has 0 bridgehead atoms. The summed E-state index contributed by atoms with van der Waals surface area (Å²) in [5, 5.41) is 4.40. The van der Waals surface area contributed by atoms with E-state index in [2.05, 4.69) is 10.5 Å². The molecule has 1 N–H and O–H groups in total. The van der Waals surface area contributed by atoms with E-state index in [1.165, 1.54) is 6.21 Å². The third-order valence-corrected chi connectivity index (χ3v) is 3.38. The second kappa shape index (κ2) is 9.08. The number of carbonyl (C=O) groups is 1. The van der Waals surface area contributed by atoms with Crippen molar-refractivity contribution in [1.82, 2.24) is 5.43 Å². The number of hydrazone groups is 1. The summed E-state index contributed by atoms with van der Waals surface area (Å²) in [5.41, 5.74) is 3.71. The van der Waals surface area contributed by atoms with Gasteiger partial charge in [0.1, 0.15) is 0 Å². The van der Waals surface area contributed by atoms with Crippen molar-refractivity contribution in [3.63, 3.8) is 0 Å². The summed E-state index contributed by atoms with van der Waals surface area (Å²) in [4.78, 5) is 12.0. The third-order valence-electron chi connectivity index (χ3n) is 3.10. The molecule has 25 heavy (non-hydrogen) atoms. The van der Waals surface area contributed by atoms with Crippen LogP contribution in [0.15, 0.2) is 47.6 Å². The molecular weight excluding hydrogens is 340 g/mol. The number of hydrogen-bond donors (Lipinski definition) is 1. The number of nitrogens with zero attached hydrogens (tertiary/aromatic N) is 1. The van der Waals surface area contributed by atoms with Gasteiger partial charge in [0.05, 0.1) is 23.9 Å². The number of halogens is 1. The summed E-state index contributed by atoms with van der Waals surface area (Å²) in [7, 11) is 0. The number of rotatable bonds is 7. The summed E-state index contributed by atoms with van der Waals surface area (Å²) < 4.78 is 11.3.